The third-order valence-electron chi connectivity index (χ3n) is 3.24. The van der Waals surface area contributed by atoms with Crippen LogP contribution >= 0.6 is 0 Å². The molecule has 5 heteroatoms. The Morgan fingerprint density at radius 1 is 1.26 bits per heavy atom. The lowest BCUT2D eigenvalue weighted by molar-refractivity contribution is -0.142. The van der Waals surface area contributed by atoms with Gasteiger partial charge in [0.25, 0.3) is 0 Å². The zero-order chi connectivity index (χ0) is 14.0. The van der Waals surface area contributed by atoms with Gasteiger partial charge in [0.1, 0.15) is 6.04 Å². The third-order valence-corrected chi connectivity index (χ3v) is 4.65. The van der Waals surface area contributed by atoms with Crippen molar-refractivity contribution in [2.24, 2.45) is 0 Å². The Bertz CT molecular complexity index is 495. The van der Waals surface area contributed by atoms with Crippen molar-refractivity contribution in [1.82, 2.24) is 5.32 Å². The molecule has 104 valence electrons. The largest absolute Gasteiger partial charge is 0.468 e. The number of nitrogens with one attached hydrogen (secondary N) is 1. The molecule has 0 radical (unpaired) electrons. The van der Waals surface area contributed by atoms with E-state index < -0.39 is 16.8 Å². The molecule has 1 aliphatic rings. The van der Waals surface area contributed by atoms with Gasteiger partial charge in [-0.2, -0.15) is 0 Å². The van der Waals surface area contributed by atoms with E-state index in [1.807, 2.05) is 13.8 Å². The molecule has 1 heterocycles. The van der Waals surface area contributed by atoms with Crippen LogP contribution in [-0.2, 0) is 20.3 Å². The van der Waals surface area contributed by atoms with Crippen molar-refractivity contribution in [3.63, 3.8) is 0 Å². The molecular formula is C14H19NO3S. The fourth-order valence-corrected chi connectivity index (χ4v) is 3.86. The monoisotopic (exact) mass is 281 g/mol. The highest BCUT2D eigenvalue weighted by molar-refractivity contribution is 7.85. The molecule has 1 aromatic carbocycles. The maximum absolute atomic E-state index is 11.9. The first-order valence-electron chi connectivity index (χ1n) is 6.26. The molecule has 1 aromatic rings. The van der Waals surface area contributed by atoms with Crippen molar-refractivity contribution < 1.29 is 13.7 Å². The van der Waals surface area contributed by atoms with E-state index in [1.165, 1.54) is 18.2 Å². The average Bonchev–Trinajstić information content (AvgIpc) is 2.36. The highest BCUT2D eigenvalue weighted by Gasteiger charge is 2.31. The summed E-state index contributed by atoms with van der Waals surface area (Å²) in [6.07, 6.45) is 0. The van der Waals surface area contributed by atoms with E-state index in [9.17, 15) is 9.00 Å². The maximum atomic E-state index is 11.9. The van der Waals surface area contributed by atoms with Crippen LogP contribution in [0.5, 0.6) is 0 Å². The summed E-state index contributed by atoms with van der Waals surface area (Å²) in [7, 11) is 0.355. The average molecular weight is 281 g/mol. The Labute approximate surface area is 116 Å². The normalized spacial score (nSPS) is 27.0. The summed E-state index contributed by atoms with van der Waals surface area (Å²) >= 11 is 0. The Balaban J connectivity index is 2.23. The van der Waals surface area contributed by atoms with Gasteiger partial charge in [0.05, 0.1) is 7.11 Å². The van der Waals surface area contributed by atoms with Crippen LogP contribution in [0, 0.1) is 13.8 Å². The number of ether oxygens (including phenoxy) is 1. The van der Waals surface area contributed by atoms with Gasteiger partial charge in [0, 0.05) is 28.3 Å². The topological polar surface area (TPSA) is 55.4 Å². The minimum Gasteiger partial charge on any atom is -0.468 e. The van der Waals surface area contributed by atoms with Gasteiger partial charge < -0.3 is 4.74 Å². The number of rotatable bonds is 2. The second-order valence-electron chi connectivity index (χ2n) is 4.99. The molecular weight excluding hydrogens is 262 g/mol. The van der Waals surface area contributed by atoms with Crippen molar-refractivity contribution in [2.75, 3.05) is 18.6 Å². The van der Waals surface area contributed by atoms with Crippen molar-refractivity contribution in [1.29, 1.82) is 0 Å². The van der Waals surface area contributed by atoms with Gasteiger partial charge in [-0.15, -0.1) is 0 Å². The first-order chi connectivity index (χ1) is 8.99. The summed E-state index contributed by atoms with van der Waals surface area (Å²) < 4.78 is 16.6. The summed E-state index contributed by atoms with van der Waals surface area (Å²) in [5, 5.41) is 3.24. The number of aryl methyl sites for hydroxylation is 2. The van der Waals surface area contributed by atoms with E-state index in [0.717, 1.165) is 5.56 Å². The molecule has 0 aromatic heterocycles. The molecule has 0 bridgehead atoms. The quantitative estimate of drug-likeness (QED) is 0.829. The van der Waals surface area contributed by atoms with Gasteiger partial charge in [-0.25, -0.2) is 0 Å². The molecule has 0 saturated carbocycles. The summed E-state index contributed by atoms with van der Waals surface area (Å²) in [5.41, 5.74) is 3.42. The molecule has 1 N–H and O–H groups in total. The van der Waals surface area contributed by atoms with E-state index in [4.69, 9.17) is 4.74 Å². The highest BCUT2D eigenvalue weighted by atomic mass is 32.2. The molecule has 19 heavy (non-hydrogen) atoms. The van der Waals surface area contributed by atoms with Gasteiger partial charge in [-0.1, -0.05) is 29.3 Å². The van der Waals surface area contributed by atoms with E-state index in [2.05, 4.69) is 23.5 Å². The first-order valence-corrected chi connectivity index (χ1v) is 7.75. The van der Waals surface area contributed by atoms with Gasteiger partial charge >= 0.3 is 5.97 Å². The van der Waals surface area contributed by atoms with Crippen molar-refractivity contribution in [3.05, 3.63) is 34.9 Å². The summed E-state index contributed by atoms with van der Waals surface area (Å²) in [6.45, 7) is 4.07. The lowest BCUT2D eigenvalue weighted by Gasteiger charge is -2.29. The molecule has 4 nitrogen and oxygen atoms in total. The molecule has 0 aliphatic carbocycles. The van der Waals surface area contributed by atoms with Gasteiger partial charge in [0.2, 0.25) is 0 Å². The van der Waals surface area contributed by atoms with Gasteiger partial charge in [-0.05, 0) is 19.4 Å². The second-order valence-corrected chi connectivity index (χ2v) is 6.54. The number of carbonyl (C=O) groups is 1. The number of esters is 1. The number of methoxy groups -OCH3 is 1. The summed E-state index contributed by atoms with van der Waals surface area (Å²) in [5.74, 6) is 0.520. The number of carbonyl (C=O) groups excluding carboxylic acids is 1. The van der Waals surface area contributed by atoms with E-state index in [1.54, 1.807) is 0 Å². The zero-order valence-electron chi connectivity index (χ0n) is 11.4. The Hall–Kier alpha value is -1.20. The molecule has 3 atom stereocenters. The van der Waals surface area contributed by atoms with Gasteiger partial charge in [-0.3, -0.25) is 14.3 Å². The van der Waals surface area contributed by atoms with Crippen LogP contribution in [0.4, 0.5) is 0 Å². The second kappa shape index (κ2) is 5.84. The molecule has 1 saturated heterocycles. The molecule has 2 rings (SSSR count). The van der Waals surface area contributed by atoms with E-state index in [0.29, 0.717) is 11.5 Å². The van der Waals surface area contributed by atoms with Crippen LogP contribution in [0.3, 0.4) is 0 Å². The minimum absolute atomic E-state index is 0.0581. The predicted octanol–water partition coefficient (Wildman–Crippen LogP) is 1.24. The van der Waals surface area contributed by atoms with E-state index >= 15 is 0 Å². The lowest BCUT2D eigenvalue weighted by Crippen LogP contribution is -2.49. The maximum Gasteiger partial charge on any atom is 0.323 e. The van der Waals surface area contributed by atoms with Crippen LogP contribution in [0.15, 0.2) is 18.2 Å². The Kier molecular flexibility index (Phi) is 4.37. The molecule has 0 amide bonds. The summed E-state index contributed by atoms with van der Waals surface area (Å²) in [6, 6.07) is 5.70. The third kappa shape index (κ3) is 3.42. The zero-order valence-corrected chi connectivity index (χ0v) is 12.3. The van der Waals surface area contributed by atoms with Gasteiger partial charge in [0.15, 0.2) is 0 Å². The predicted molar refractivity (Wildman–Crippen MR) is 75.5 cm³/mol. The van der Waals surface area contributed by atoms with Crippen molar-refractivity contribution >= 4 is 16.8 Å². The number of hydrogen-bond acceptors (Lipinski definition) is 4. The fraction of sp³-hybridized carbons (Fsp3) is 0.500. The standard InChI is InChI=1S/C14H19NO3S/c1-9-4-10(2)6-11(5-9)12-7-19(17)8-13(15-12)14(16)18-3/h4-6,12-13,15H,7-8H2,1-3H3. The summed E-state index contributed by atoms with van der Waals surface area (Å²) in [4.78, 5) is 11.6. The molecule has 0 spiro atoms. The number of benzene rings is 1. The molecule has 3 unspecified atom stereocenters. The highest BCUT2D eigenvalue weighted by Crippen LogP contribution is 2.22. The fourth-order valence-electron chi connectivity index (χ4n) is 2.46. The minimum atomic E-state index is -1.000. The number of hydrogen-bond donors (Lipinski definition) is 1. The van der Waals surface area contributed by atoms with Crippen molar-refractivity contribution in [2.45, 2.75) is 25.9 Å². The molecule has 1 aliphatic heterocycles. The van der Waals surface area contributed by atoms with Crippen molar-refractivity contribution in [3.8, 4) is 0 Å². The van der Waals surface area contributed by atoms with E-state index in [-0.39, 0.29) is 12.0 Å². The van der Waals surface area contributed by atoms with Crippen LogP contribution in [-0.4, -0.2) is 34.8 Å². The van der Waals surface area contributed by atoms with Crippen LogP contribution < -0.4 is 5.32 Å². The SMILES string of the molecule is COC(=O)C1CS(=O)CC(c2cc(C)cc(C)c2)N1. The lowest BCUT2D eigenvalue weighted by atomic mass is 10.0. The molecule has 1 fully saturated rings. The van der Waals surface area contributed by atoms with Crippen LogP contribution in [0.1, 0.15) is 22.7 Å². The first kappa shape index (κ1) is 14.2. The van der Waals surface area contributed by atoms with Crippen LogP contribution in [0.25, 0.3) is 0 Å². The Morgan fingerprint density at radius 3 is 2.47 bits per heavy atom. The smallest absolute Gasteiger partial charge is 0.323 e. The Morgan fingerprint density at radius 2 is 1.89 bits per heavy atom. The van der Waals surface area contributed by atoms with Crippen LogP contribution in [0.2, 0.25) is 0 Å².